The SMILES string of the molecule is C=CCCCCC(=O)N[C@@H](Cc1cc(F)cc(F)c1)[C@H](O)CN[C@H]1C[C@@H](OCC=C)c2ccc(Br)cc21. The highest BCUT2D eigenvalue weighted by Gasteiger charge is 2.32. The van der Waals surface area contributed by atoms with Gasteiger partial charge in [-0.05, 0) is 73.1 Å². The minimum Gasteiger partial charge on any atom is -0.390 e. The number of carbonyl (C=O) groups is 1. The molecule has 5 nitrogen and oxygen atoms in total. The molecule has 3 N–H and O–H groups in total. The van der Waals surface area contributed by atoms with Gasteiger partial charge in [0.05, 0.1) is 24.9 Å². The number of benzene rings is 2. The van der Waals surface area contributed by atoms with E-state index in [-0.39, 0.29) is 31.0 Å². The van der Waals surface area contributed by atoms with Crippen LogP contribution in [0.15, 0.2) is 66.2 Å². The van der Waals surface area contributed by atoms with Crippen LogP contribution in [0.3, 0.4) is 0 Å². The second kappa shape index (κ2) is 14.5. The van der Waals surface area contributed by atoms with Crippen molar-refractivity contribution in [3.8, 4) is 0 Å². The van der Waals surface area contributed by atoms with Crippen LogP contribution in [0.25, 0.3) is 0 Å². The molecule has 0 saturated carbocycles. The number of aliphatic hydroxyl groups is 1. The Labute approximate surface area is 226 Å². The van der Waals surface area contributed by atoms with Gasteiger partial charge in [-0.3, -0.25) is 4.79 Å². The number of rotatable bonds is 15. The molecule has 8 heteroatoms. The van der Waals surface area contributed by atoms with Gasteiger partial charge in [0.15, 0.2) is 0 Å². The van der Waals surface area contributed by atoms with Crippen LogP contribution in [-0.2, 0) is 16.0 Å². The lowest BCUT2D eigenvalue weighted by Crippen LogP contribution is -2.49. The first-order valence-corrected chi connectivity index (χ1v) is 13.4. The molecule has 200 valence electrons. The maximum Gasteiger partial charge on any atom is 0.220 e. The lowest BCUT2D eigenvalue weighted by molar-refractivity contribution is -0.122. The van der Waals surface area contributed by atoms with E-state index in [9.17, 15) is 18.7 Å². The number of carbonyl (C=O) groups excluding carboxylic acids is 1. The van der Waals surface area contributed by atoms with E-state index in [4.69, 9.17) is 4.74 Å². The number of unbranched alkanes of at least 4 members (excludes halogenated alkanes) is 2. The van der Waals surface area contributed by atoms with Crippen molar-refractivity contribution >= 4 is 21.8 Å². The summed E-state index contributed by atoms with van der Waals surface area (Å²) in [5, 5.41) is 17.4. The predicted octanol–water partition coefficient (Wildman–Crippen LogP) is 5.84. The molecule has 0 saturated heterocycles. The maximum atomic E-state index is 13.8. The molecule has 1 aliphatic rings. The number of hydrogen-bond acceptors (Lipinski definition) is 4. The van der Waals surface area contributed by atoms with Gasteiger partial charge < -0.3 is 20.5 Å². The minimum absolute atomic E-state index is 0.0705. The summed E-state index contributed by atoms with van der Waals surface area (Å²) in [6, 6.07) is 8.48. The van der Waals surface area contributed by atoms with Crippen molar-refractivity contribution < 1.29 is 23.4 Å². The van der Waals surface area contributed by atoms with Crippen LogP contribution >= 0.6 is 15.9 Å². The van der Waals surface area contributed by atoms with Crippen LogP contribution in [-0.4, -0.2) is 36.3 Å². The molecule has 3 rings (SSSR count). The van der Waals surface area contributed by atoms with Gasteiger partial charge in [-0.2, -0.15) is 0 Å². The van der Waals surface area contributed by atoms with Crippen LogP contribution < -0.4 is 10.6 Å². The lowest BCUT2D eigenvalue weighted by atomic mass is 9.99. The first-order valence-electron chi connectivity index (χ1n) is 12.6. The first kappa shape index (κ1) is 29.2. The summed E-state index contributed by atoms with van der Waals surface area (Å²) in [6.45, 7) is 8.01. The second-order valence-corrected chi connectivity index (χ2v) is 10.3. The van der Waals surface area contributed by atoms with E-state index < -0.39 is 23.8 Å². The fourth-order valence-corrected chi connectivity index (χ4v) is 5.05. The van der Waals surface area contributed by atoms with E-state index in [0.717, 1.165) is 34.5 Å². The van der Waals surface area contributed by atoms with E-state index in [0.29, 0.717) is 31.4 Å². The molecular weight excluding hydrogens is 542 g/mol. The van der Waals surface area contributed by atoms with E-state index in [1.54, 1.807) is 12.2 Å². The molecule has 0 fully saturated rings. The van der Waals surface area contributed by atoms with Crippen molar-refractivity contribution in [1.29, 1.82) is 0 Å². The minimum atomic E-state index is -0.993. The predicted molar refractivity (Wildman–Crippen MR) is 145 cm³/mol. The fraction of sp³-hybridized carbons (Fsp3) is 0.414. The van der Waals surface area contributed by atoms with Crippen LogP contribution in [0, 0.1) is 11.6 Å². The zero-order chi connectivity index (χ0) is 26.8. The summed E-state index contributed by atoms with van der Waals surface area (Å²) in [5.41, 5.74) is 2.52. The van der Waals surface area contributed by atoms with Gasteiger partial charge in [0.2, 0.25) is 5.91 Å². The number of halogens is 3. The van der Waals surface area contributed by atoms with Crippen LogP contribution in [0.4, 0.5) is 8.78 Å². The third-order valence-corrected chi connectivity index (χ3v) is 6.95. The first-order chi connectivity index (χ1) is 17.8. The average molecular weight is 578 g/mol. The normalized spacial score (nSPS) is 18.2. The van der Waals surface area contributed by atoms with Crippen LogP contribution in [0.1, 0.15) is 60.9 Å². The van der Waals surface area contributed by atoms with E-state index in [2.05, 4.69) is 39.7 Å². The number of ether oxygens (including phenoxy) is 1. The fourth-order valence-electron chi connectivity index (χ4n) is 4.67. The lowest BCUT2D eigenvalue weighted by Gasteiger charge is -2.26. The van der Waals surface area contributed by atoms with Crippen molar-refractivity contribution in [3.63, 3.8) is 0 Å². The van der Waals surface area contributed by atoms with Crippen LogP contribution in [0.5, 0.6) is 0 Å². The standard InChI is InChI=1S/C29H35BrF2N2O3/c1-3-5-6-7-8-29(36)34-26(14-19-12-21(31)16-22(32)13-19)27(35)18-33-25-17-28(37-11-4-2)23-10-9-20(30)15-24(23)25/h3-4,9-10,12-13,15-16,25-28,33,35H,1-2,5-8,11,14,17-18H2,(H,34,36)/t25-,26-,27+,28+/m0/s1. The number of fused-ring (bicyclic) bond motifs is 1. The molecule has 1 amide bonds. The van der Waals surface area contributed by atoms with Crippen molar-refractivity contribution in [2.45, 2.75) is 62.8 Å². The highest BCUT2D eigenvalue weighted by atomic mass is 79.9. The molecule has 2 aromatic rings. The molecule has 0 aromatic heterocycles. The van der Waals surface area contributed by atoms with Gasteiger partial charge >= 0.3 is 0 Å². The Morgan fingerprint density at radius 1 is 1.14 bits per heavy atom. The highest BCUT2D eigenvalue weighted by Crippen LogP contribution is 2.42. The molecule has 0 spiro atoms. The molecule has 1 aliphatic carbocycles. The molecule has 2 aromatic carbocycles. The summed E-state index contributed by atoms with van der Waals surface area (Å²) >= 11 is 3.53. The second-order valence-electron chi connectivity index (χ2n) is 9.34. The molecular formula is C29H35BrF2N2O3. The summed E-state index contributed by atoms with van der Waals surface area (Å²) in [6.07, 6.45) is 5.85. The smallest absolute Gasteiger partial charge is 0.220 e. The van der Waals surface area contributed by atoms with Gasteiger partial charge in [0.1, 0.15) is 11.6 Å². The summed E-state index contributed by atoms with van der Waals surface area (Å²) in [4.78, 5) is 12.6. The number of hydrogen-bond donors (Lipinski definition) is 3. The molecule has 0 aliphatic heterocycles. The highest BCUT2D eigenvalue weighted by molar-refractivity contribution is 9.10. The topological polar surface area (TPSA) is 70.6 Å². The van der Waals surface area contributed by atoms with Gasteiger partial charge in [-0.1, -0.05) is 34.1 Å². The van der Waals surface area contributed by atoms with E-state index in [1.165, 1.54) is 12.1 Å². The molecule has 0 unspecified atom stereocenters. The van der Waals surface area contributed by atoms with Crippen LogP contribution in [0.2, 0.25) is 0 Å². The monoisotopic (exact) mass is 576 g/mol. The Kier molecular flexibility index (Phi) is 11.4. The molecule has 0 bridgehead atoms. The Balaban J connectivity index is 1.69. The van der Waals surface area contributed by atoms with Crippen molar-refractivity contribution in [1.82, 2.24) is 10.6 Å². The maximum absolute atomic E-state index is 13.8. The molecule has 0 radical (unpaired) electrons. The zero-order valence-corrected chi connectivity index (χ0v) is 22.5. The summed E-state index contributed by atoms with van der Waals surface area (Å²) < 4.78 is 34.5. The van der Waals surface area contributed by atoms with Crippen molar-refractivity contribution in [2.75, 3.05) is 13.2 Å². The zero-order valence-electron chi connectivity index (χ0n) is 20.9. The Bertz CT molecular complexity index is 1060. The Morgan fingerprint density at radius 3 is 2.59 bits per heavy atom. The van der Waals surface area contributed by atoms with Crippen molar-refractivity contribution in [3.05, 3.63) is 94.5 Å². The quantitative estimate of drug-likeness (QED) is 0.184. The Hall–Kier alpha value is -2.39. The molecule has 0 heterocycles. The Morgan fingerprint density at radius 2 is 1.89 bits per heavy atom. The molecule has 37 heavy (non-hydrogen) atoms. The summed E-state index contributed by atoms with van der Waals surface area (Å²) in [5.74, 6) is -1.61. The van der Waals surface area contributed by atoms with E-state index >= 15 is 0 Å². The molecule has 4 atom stereocenters. The number of allylic oxidation sites excluding steroid dienone is 1. The largest absolute Gasteiger partial charge is 0.390 e. The average Bonchev–Trinajstić information content (AvgIpc) is 3.19. The number of amides is 1. The van der Waals surface area contributed by atoms with Crippen molar-refractivity contribution in [2.24, 2.45) is 0 Å². The third-order valence-electron chi connectivity index (χ3n) is 6.46. The van der Waals surface area contributed by atoms with Gasteiger partial charge in [0.25, 0.3) is 0 Å². The number of nitrogens with one attached hydrogen (secondary N) is 2. The van der Waals surface area contributed by atoms with Gasteiger partial charge in [0, 0.05) is 29.5 Å². The van der Waals surface area contributed by atoms with Gasteiger partial charge in [-0.25, -0.2) is 8.78 Å². The van der Waals surface area contributed by atoms with E-state index in [1.807, 2.05) is 18.2 Å². The third kappa shape index (κ3) is 8.85. The number of aliphatic hydroxyl groups excluding tert-OH is 1. The summed E-state index contributed by atoms with van der Waals surface area (Å²) in [7, 11) is 0. The van der Waals surface area contributed by atoms with Gasteiger partial charge in [-0.15, -0.1) is 13.2 Å².